The molecule has 1 aromatic rings. The fourth-order valence-electron chi connectivity index (χ4n) is 1.88. The summed E-state index contributed by atoms with van der Waals surface area (Å²) < 4.78 is 0. The number of hydrogen-bond acceptors (Lipinski definition) is 2. The average Bonchev–Trinajstić information content (AvgIpc) is 2.31. The smallest absolute Gasteiger partial charge is 0.253 e. The van der Waals surface area contributed by atoms with E-state index in [0.29, 0.717) is 10.6 Å². The molecule has 1 aliphatic heterocycles. The summed E-state index contributed by atoms with van der Waals surface area (Å²) in [5, 5.41) is 6.75. The second-order valence-corrected chi connectivity index (χ2v) is 4.40. The molecule has 0 saturated carbocycles. The van der Waals surface area contributed by atoms with Gasteiger partial charge in [0.15, 0.2) is 0 Å². The van der Waals surface area contributed by atoms with Crippen LogP contribution < -0.4 is 10.6 Å². The van der Waals surface area contributed by atoms with Gasteiger partial charge in [0.2, 0.25) is 0 Å². The third kappa shape index (κ3) is 3.87. The Hall–Kier alpha value is -0.770. The minimum absolute atomic E-state index is 0. The van der Waals surface area contributed by atoms with Crippen LogP contribution in [0.15, 0.2) is 24.3 Å². The molecule has 1 amide bonds. The summed E-state index contributed by atoms with van der Waals surface area (Å²) in [5.74, 6) is -0.0840. The largest absolute Gasteiger partial charge is 0.348 e. The topological polar surface area (TPSA) is 41.1 Å². The average molecular weight is 275 g/mol. The molecule has 2 N–H and O–H groups in total. The molecule has 5 heteroatoms. The number of piperidine rings is 1. The number of rotatable bonds is 2. The minimum Gasteiger partial charge on any atom is -0.348 e. The molecule has 94 valence electrons. The maximum Gasteiger partial charge on any atom is 0.253 e. The highest BCUT2D eigenvalue weighted by molar-refractivity contribution is 6.33. The fourth-order valence-corrected chi connectivity index (χ4v) is 2.11. The van der Waals surface area contributed by atoms with Gasteiger partial charge >= 0.3 is 0 Å². The molecule has 0 unspecified atom stereocenters. The number of carbonyl (C=O) groups excluding carboxylic acids is 1. The Bertz CT molecular complexity index is 379. The zero-order chi connectivity index (χ0) is 11.4. The molecule has 0 aliphatic carbocycles. The molecule has 3 nitrogen and oxygen atoms in total. The van der Waals surface area contributed by atoms with Crippen molar-refractivity contribution in [3.63, 3.8) is 0 Å². The Balaban J connectivity index is 0.00000144. The predicted octanol–water partition coefficient (Wildman–Crippen LogP) is 2.24. The van der Waals surface area contributed by atoms with Crippen LogP contribution in [0.4, 0.5) is 0 Å². The van der Waals surface area contributed by atoms with Crippen molar-refractivity contribution in [3.8, 4) is 0 Å². The maximum absolute atomic E-state index is 11.9. The van der Waals surface area contributed by atoms with Gasteiger partial charge in [0.25, 0.3) is 5.91 Å². The molecule has 0 spiro atoms. The number of amides is 1. The number of carbonyl (C=O) groups is 1. The van der Waals surface area contributed by atoms with E-state index < -0.39 is 0 Å². The van der Waals surface area contributed by atoms with E-state index in [2.05, 4.69) is 10.6 Å². The quantitative estimate of drug-likeness (QED) is 0.869. The van der Waals surface area contributed by atoms with Gasteiger partial charge in [-0.25, -0.2) is 0 Å². The van der Waals surface area contributed by atoms with Crippen LogP contribution in [0.25, 0.3) is 0 Å². The van der Waals surface area contributed by atoms with E-state index >= 15 is 0 Å². The molecule has 0 bridgehead atoms. The van der Waals surface area contributed by atoms with Gasteiger partial charge in [-0.3, -0.25) is 4.79 Å². The summed E-state index contributed by atoms with van der Waals surface area (Å²) in [5.41, 5.74) is 0.551. The van der Waals surface area contributed by atoms with Gasteiger partial charge in [-0.15, -0.1) is 12.4 Å². The summed E-state index contributed by atoms with van der Waals surface area (Å²) in [6, 6.07) is 7.34. The summed E-state index contributed by atoms with van der Waals surface area (Å²) in [4.78, 5) is 11.9. The lowest BCUT2D eigenvalue weighted by molar-refractivity contribution is 0.0931. The number of nitrogens with one attached hydrogen (secondary N) is 2. The first-order valence-corrected chi connectivity index (χ1v) is 5.91. The van der Waals surface area contributed by atoms with Crippen LogP contribution >= 0.6 is 24.0 Å². The second-order valence-electron chi connectivity index (χ2n) is 4.00. The Morgan fingerprint density at radius 1 is 1.41 bits per heavy atom. The van der Waals surface area contributed by atoms with Crippen molar-refractivity contribution >= 4 is 29.9 Å². The van der Waals surface area contributed by atoms with E-state index in [4.69, 9.17) is 11.6 Å². The van der Waals surface area contributed by atoms with Crippen LogP contribution in [-0.2, 0) is 0 Å². The highest BCUT2D eigenvalue weighted by atomic mass is 35.5. The van der Waals surface area contributed by atoms with Gasteiger partial charge in [0, 0.05) is 12.6 Å². The summed E-state index contributed by atoms with van der Waals surface area (Å²) in [7, 11) is 0. The van der Waals surface area contributed by atoms with E-state index in [0.717, 1.165) is 25.9 Å². The molecular formula is C12H16Cl2N2O. The van der Waals surface area contributed by atoms with Crippen LogP contribution in [0.2, 0.25) is 5.02 Å². The summed E-state index contributed by atoms with van der Waals surface area (Å²) in [6.45, 7) is 1.88. The molecule has 1 aliphatic rings. The van der Waals surface area contributed by atoms with Crippen LogP contribution in [0.5, 0.6) is 0 Å². The lowest BCUT2D eigenvalue weighted by atomic mass is 10.1. The Kier molecular flexibility index (Phi) is 5.75. The van der Waals surface area contributed by atoms with Crippen molar-refractivity contribution in [2.45, 2.75) is 18.9 Å². The number of halogens is 2. The molecular weight excluding hydrogens is 259 g/mol. The first-order valence-electron chi connectivity index (χ1n) is 5.53. The lowest BCUT2D eigenvalue weighted by Gasteiger charge is -2.23. The van der Waals surface area contributed by atoms with Gasteiger partial charge in [0.1, 0.15) is 0 Å². The fraction of sp³-hybridized carbons (Fsp3) is 0.417. The predicted molar refractivity (Wildman–Crippen MR) is 72.1 cm³/mol. The highest BCUT2D eigenvalue weighted by Gasteiger charge is 2.17. The van der Waals surface area contributed by atoms with Crippen LogP contribution in [0.3, 0.4) is 0 Å². The molecule has 1 fully saturated rings. The number of benzene rings is 1. The standard InChI is InChI=1S/C12H15ClN2O.ClH/c13-11-6-2-1-5-10(11)12(16)15-9-4-3-7-14-8-9;/h1-2,5-6,9,14H,3-4,7-8H2,(H,15,16);1H/t9-;/m0./s1. The first kappa shape index (κ1) is 14.3. The molecule has 0 radical (unpaired) electrons. The van der Waals surface area contributed by atoms with Crippen LogP contribution in [0, 0.1) is 0 Å². The van der Waals surface area contributed by atoms with E-state index in [1.807, 2.05) is 12.1 Å². The molecule has 1 atom stereocenters. The lowest BCUT2D eigenvalue weighted by Crippen LogP contribution is -2.45. The zero-order valence-electron chi connectivity index (χ0n) is 9.41. The molecule has 1 heterocycles. The van der Waals surface area contributed by atoms with Crippen molar-refractivity contribution in [1.82, 2.24) is 10.6 Å². The van der Waals surface area contributed by atoms with Gasteiger partial charge in [-0.1, -0.05) is 23.7 Å². The Labute approximate surface area is 112 Å². The van der Waals surface area contributed by atoms with Gasteiger partial charge in [-0.2, -0.15) is 0 Å². The molecule has 2 rings (SSSR count). The number of hydrogen-bond donors (Lipinski definition) is 2. The van der Waals surface area contributed by atoms with Crippen LogP contribution in [-0.4, -0.2) is 25.0 Å². The summed E-state index contributed by atoms with van der Waals surface area (Å²) >= 11 is 5.96. The molecule has 17 heavy (non-hydrogen) atoms. The maximum atomic E-state index is 11.9. The Morgan fingerprint density at radius 2 is 2.18 bits per heavy atom. The van der Waals surface area contributed by atoms with Crippen LogP contribution in [0.1, 0.15) is 23.2 Å². The van der Waals surface area contributed by atoms with Crippen molar-refractivity contribution in [2.75, 3.05) is 13.1 Å². The molecule has 1 aromatic carbocycles. The van der Waals surface area contributed by atoms with E-state index in [1.54, 1.807) is 12.1 Å². The molecule has 0 aromatic heterocycles. The van der Waals surface area contributed by atoms with Gasteiger partial charge in [0.05, 0.1) is 10.6 Å². The highest BCUT2D eigenvalue weighted by Crippen LogP contribution is 2.15. The minimum atomic E-state index is -0.0840. The first-order chi connectivity index (χ1) is 7.77. The van der Waals surface area contributed by atoms with E-state index in [9.17, 15) is 4.79 Å². The normalized spacial score (nSPS) is 19.2. The summed E-state index contributed by atoms with van der Waals surface area (Å²) in [6.07, 6.45) is 2.14. The van der Waals surface area contributed by atoms with Gasteiger partial charge in [-0.05, 0) is 31.5 Å². The van der Waals surface area contributed by atoms with Gasteiger partial charge < -0.3 is 10.6 Å². The van der Waals surface area contributed by atoms with Crippen molar-refractivity contribution in [3.05, 3.63) is 34.9 Å². The zero-order valence-corrected chi connectivity index (χ0v) is 11.0. The van der Waals surface area contributed by atoms with Crippen molar-refractivity contribution in [2.24, 2.45) is 0 Å². The van der Waals surface area contributed by atoms with Crippen molar-refractivity contribution in [1.29, 1.82) is 0 Å². The van der Waals surface area contributed by atoms with E-state index in [1.165, 1.54) is 0 Å². The molecule has 1 saturated heterocycles. The third-order valence-corrected chi connectivity index (χ3v) is 3.08. The third-order valence-electron chi connectivity index (χ3n) is 2.75. The monoisotopic (exact) mass is 274 g/mol. The van der Waals surface area contributed by atoms with E-state index in [-0.39, 0.29) is 24.4 Å². The second kappa shape index (κ2) is 6.84. The van der Waals surface area contributed by atoms with Crippen molar-refractivity contribution < 1.29 is 4.79 Å². The Morgan fingerprint density at radius 3 is 2.82 bits per heavy atom. The SMILES string of the molecule is Cl.O=C(N[C@H]1CCCNC1)c1ccccc1Cl.